The lowest BCUT2D eigenvalue weighted by Gasteiger charge is -2.07. The zero-order valence-corrected chi connectivity index (χ0v) is 6.91. The number of hydrogen-bond acceptors (Lipinski definition) is 4. The van der Waals surface area contributed by atoms with Crippen molar-refractivity contribution in [1.29, 1.82) is 0 Å². The molecule has 1 aliphatic rings. The second kappa shape index (κ2) is 2.92. The largest absolute Gasteiger partial charge is 0.379 e. The number of rotatable bonds is 2. The molecule has 0 bridgehead atoms. The third-order valence-corrected chi connectivity index (χ3v) is 2.05. The van der Waals surface area contributed by atoms with E-state index < -0.39 is 0 Å². The molecule has 2 heterocycles. The minimum atomic E-state index is 0.540. The van der Waals surface area contributed by atoms with Crippen LogP contribution in [0.2, 0.25) is 0 Å². The summed E-state index contributed by atoms with van der Waals surface area (Å²) in [6, 6.07) is 0.540. The average molecular weight is 165 g/mol. The molecule has 1 aromatic heterocycles. The van der Waals surface area contributed by atoms with E-state index in [0.717, 1.165) is 18.5 Å². The van der Waals surface area contributed by atoms with E-state index in [1.54, 1.807) is 0 Å². The van der Waals surface area contributed by atoms with Gasteiger partial charge < -0.3 is 5.32 Å². The summed E-state index contributed by atoms with van der Waals surface area (Å²) >= 11 is 0. The van der Waals surface area contributed by atoms with E-state index in [2.05, 4.69) is 38.9 Å². The number of hydrogen-bond donors (Lipinski definition) is 2. The van der Waals surface area contributed by atoms with Gasteiger partial charge in [0, 0.05) is 6.04 Å². The summed E-state index contributed by atoms with van der Waals surface area (Å²) in [4.78, 5) is 0. The molecule has 0 saturated heterocycles. The van der Waals surface area contributed by atoms with Gasteiger partial charge in [-0.05, 0) is 18.1 Å². The fraction of sp³-hybridized carbons (Fsp3) is 0.571. The van der Waals surface area contributed by atoms with Crippen molar-refractivity contribution < 1.29 is 0 Å². The Balaban J connectivity index is 2.09. The highest BCUT2D eigenvalue weighted by atomic mass is 15.5. The molecule has 0 fully saturated rings. The first-order valence-electron chi connectivity index (χ1n) is 4.10. The molecule has 2 rings (SSSR count). The van der Waals surface area contributed by atoms with Crippen LogP contribution in [0.5, 0.6) is 0 Å². The maximum Gasteiger partial charge on any atom is 0.220 e. The first-order valence-corrected chi connectivity index (χ1v) is 4.10. The molecule has 0 aliphatic carbocycles. The molecule has 0 spiro atoms. The van der Waals surface area contributed by atoms with Crippen LogP contribution in [0.25, 0.3) is 5.70 Å². The summed E-state index contributed by atoms with van der Waals surface area (Å²) in [5.74, 6) is 0.658. The average Bonchev–Trinajstić information content (AvgIpc) is 2.75. The first-order chi connectivity index (χ1) is 5.90. The van der Waals surface area contributed by atoms with E-state index in [1.165, 1.54) is 0 Å². The summed E-state index contributed by atoms with van der Waals surface area (Å²) in [6.45, 7) is 2.16. The van der Waals surface area contributed by atoms with Crippen LogP contribution >= 0.6 is 0 Å². The van der Waals surface area contributed by atoms with Crippen LogP contribution in [0.1, 0.15) is 25.6 Å². The van der Waals surface area contributed by atoms with Gasteiger partial charge in [0.2, 0.25) is 5.82 Å². The maximum atomic E-state index is 3.89. The summed E-state index contributed by atoms with van der Waals surface area (Å²) in [7, 11) is 0. The molecule has 1 aromatic rings. The number of nitrogens with zero attached hydrogens (tertiary/aromatic N) is 3. The Hall–Kier alpha value is -1.39. The Morgan fingerprint density at radius 3 is 3.17 bits per heavy atom. The second-order valence-electron chi connectivity index (χ2n) is 2.84. The van der Waals surface area contributed by atoms with Crippen LogP contribution in [0.15, 0.2) is 6.08 Å². The molecule has 1 atom stereocenters. The van der Waals surface area contributed by atoms with Gasteiger partial charge in [0.1, 0.15) is 0 Å². The highest BCUT2D eigenvalue weighted by Crippen LogP contribution is 2.16. The minimum Gasteiger partial charge on any atom is -0.379 e. The Morgan fingerprint density at radius 1 is 1.67 bits per heavy atom. The molecule has 12 heavy (non-hydrogen) atoms. The van der Waals surface area contributed by atoms with Crippen LogP contribution in [-0.2, 0) is 0 Å². The second-order valence-corrected chi connectivity index (χ2v) is 2.84. The van der Waals surface area contributed by atoms with Crippen molar-refractivity contribution in [2.75, 3.05) is 0 Å². The number of aromatic amines is 1. The molecule has 5 nitrogen and oxygen atoms in total. The molecular weight excluding hydrogens is 154 g/mol. The van der Waals surface area contributed by atoms with Crippen LogP contribution in [0.4, 0.5) is 0 Å². The minimum absolute atomic E-state index is 0.540. The van der Waals surface area contributed by atoms with Crippen molar-refractivity contribution in [3.8, 4) is 0 Å². The summed E-state index contributed by atoms with van der Waals surface area (Å²) < 4.78 is 0. The molecular formula is C7H11N5. The third-order valence-electron chi connectivity index (χ3n) is 2.05. The number of tetrazole rings is 1. The van der Waals surface area contributed by atoms with Gasteiger partial charge in [-0.15, -0.1) is 10.2 Å². The van der Waals surface area contributed by atoms with Crippen molar-refractivity contribution in [1.82, 2.24) is 25.9 Å². The maximum absolute atomic E-state index is 3.89. The van der Waals surface area contributed by atoms with E-state index in [4.69, 9.17) is 0 Å². The fourth-order valence-corrected chi connectivity index (χ4v) is 1.30. The van der Waals surface area contributed by atoms with Gasteiger partial charge >= 0.3 is 0 Å². The van der Waals surface area contributed by atoms with Crippen molar-refractivity contribution >= 4 is 5.70 Å². The predicted octanol–water partition coefficient (Wildman–Crippen LogP) is 0.312. The molecule has 2 N–H and O–H groups in total. The number of nitrogens with one attached hydrogen (secondary N) is 2. The zero-order valence-electron chi connectivity index (χ0n) is 6.91. The van der Waals surface area contributed by atoms with Crippen molar-refractivity contribution in [2.24, 2.45) is 0 Å². The Labute approximate surface area is 70.2 Å². The number of H-pyrrole nitrogens is 1. The Kier molecular flexibility index (Phi) is 1.77. The normalized spacial score (nSPS) is 22.1. The van der Waals surface area contributed by atoms with Gasteiger partial charge in [0.25, 0.3) is 0 Å². The molecule has 0 amide bonds. The smallest absolute Gasteiger partial charge is 0.220 e. The van der Waals surface area contributed by atoms with E-state index in [9.17, 15) is 0 Å². The van der Waals surface area contributed by atoms with E-state index in [-0.39, 0.29) is 0 Å². The first kappa shape index (κ1) is 7.27. The molecule has 1 aliphatic heterocycles. The topological polar surface area (TPSA) is 66.5 Å². The van der Waals surface area contributed by atoms with Crippen LogP contribution in [0, 0.1) is 0 Å². The predicted molar refractivity (Wildman–Crippen MR) is 44.0 cm³/mol. The van der Waals surface area contributed by atoms with Gasteiger partial charge in [0.05, 0.1) is 5.70 Å². The third kappa shape index (κ3) is 1.17. The monoisotopic (exact) mass is 165 g/mol. The van der Waals surface area contributed by atoms with Gasteiger partial charge in [0.15, 0.2) is 0 Å². The highest BCUT2D eigenvalue weighted by molar-refractivity contribution is 5.59. The summed E-state index contributed by atoms with van der Waals surface area (Å²) in [5, 5.41) is 17.0. The van der Waals surface area contributed by atoms with Crippen molar-refractivity contribution in [3.63, 3.8) is 0 Å². The lowest BCUT2D eigenvalue weighted by Crippen LogP contribution is -2.21. The van der Waals surface area contributed by atoms with Crippen LogP contribution < -0.4 is 5.32 Å². The SMILES string of the molecule is CCC1CC=C(c2nn[nH]n2)N1. The lowest BCUT2D eigenvalue weighted by atomic mass is 10.2. The van der Waals surface area contributed by atoms with E-state index >= 15 is 0 Å². The van der Waals surface area contributed by atoms with E-state index in [0.29, 0.717) is 11.9 Å². The quantitative estimate of drug-likeness (QED) is 0.662. The molecule has 0 saturated carbocycles. The van der Waals surface area contributed by atoms with Gasteiger partial charge in [-0.1, -0.05) is 13.0 Å². The summed E-state index contributed by atoms with van der Waals surface area (Å²) in [6.07, 6.45) is 4.29. The molecule has 0 radical (unpaired) electrons. The lowest BCUT2D eigenvalue weighted by molar-refractivity contribution is 0.612. The molecule has 64 valence electrons. The van der Waals surface area contributed by atoms with Gasteiger partial charge in [-0.2, -0.15) is 5.21 Å². The zero-order chi connectivity index (χ0) is 8.39. The molecule has 5 heteroatoms. The molecule has 0 aromatic carbocycles. The van der Waals surface area contributed by atoms with Crippen LogP contribution in [-0.4, -0.2) is 26.7 Å². The Bertz CT molecular complexity index is 276. The highest BCUT2D eigenvalue weighted by Gasteiger charge is 2.17. The summed E-state index contributed by atoms with van der Waals surface area (Å²) in [5.41, 5.74) is 0.996. The number of aromatic nitrogens is 4. The fourth-order valence-electron chi connectivity index (χ4n) is 1.30. The van der Waals surface area contributed by atoms with Gasteiger partial charge in [-0.3, -0.25) is 0 Å². The molecule has 1 unspecified atom stereocenters. The Morgan fingerprint density at radius 2 is 2.58 bits per heavy atom. The van der Waals surface area contributed by atoms with Crippen molar-refractivity contribution in [2.45, 2.75) is 25.8 Å². The van der Waals surface area contributed by atoms with Crippen molar-refractivity contribution in [3.05, 3.63) is 11.9 Å². The van der Waals surface area contributed by atoms with Gasteiger partial charge in [-0.25, -0.2) is 0 Å². The van der Waals surface area contributed by atoms with E-state index in [1.807, 2.05) is 0 Å². The standard InChI is InChI=1S/C7H11N5/c1-2-5-3-4-6(8-5)7-9-11-12-10-7/h4-5,8H,2-3H2,1H3,(H,9,10,11,12). The van der Waals surface area contributed by atoms with Crippen LogP contribution in [0.3, 0.4) is 0 Å².